The highest BCUT2D eigenvalue weighted by atomic mass is 35.5. The third-order valence-corrected chi connectivity index (χ3v) is 7.14. The van der Waals surface area contributed by atoms with Crippen LogP contribution in [-0.4, -0.2) is 56.1 Å². The molecule has 0 unspecified atom stereocenters. The maximum atomic E-state index is 12.5. The van der Waals surface area contributed by atoms with Crippen LogP contribution < -0.4 is 16.6 Å². The number of nitrogens with two attached hydrogens (primary N) is 1. The molecule has 2 aliphatic heterocycles. The summed E-state index contributed by atoms with van der Waals surface area (Å²) in [6, 6.07) is 20.5. The third-order valence-electron chi connectivity index (χ3n) is 6.98. The van der Waals surface area contributed by atoms with Gasteiger partial charge in [-0.05, 0) is 36.6 Å². The van der Waals surface area contributed by atoms with E-state index in [-0.39, 0.29) is 11.2 Å². The Labute approximate surface area is 229 Å². The number of hydrogen-bond acceptors (Lipinski definition) is 9. The molecular weight excluding hydrogens is 522 g/mol. The van der Waals surface area contributed by atoms with Crippen LogP contribution in [0.3, 0.4) is 0 Å². The number of aromatic nitrogens is 4. The smallest absolute Gasteiger partial charge is 0.265 e. The van der Waals surface area contributed by atoms with Crippen molar-refractivity contribution < 1.29 is 19.0 Å². The molecule has 6 rings (SSSR count). The van der Waals surface area contributed by atoms with Crippen molar-refractivity contribution >= 4 is 34.5 Å². The van der Waals surface area contributed by atoms with Crippen LogP contribution in [0, 0.1) is 0 Å². The van der Waals surface area contributed by atoms with E-state index >= 15 is 0 Å². The number of benzene rings is 2. The zero-order chi connectivity index (χ0) is 27.1. The van der Waals surface area contributed by atoms with E-state index in [1.165, 1.54) is 0 Å². The molecule has 39 heavy (non-hydrogen) atoms. The number of carbonyl (C=O) groups is 1. The maximum absolute atomic E-state index is 12.5. The number of rotatable bonds is 7. The minimum absolute atomic E-state index is 0.0393. The summed E-state index contributed by atoms with van der Waals surface area (Å²) in [5.41, 5.74) is 5.40. The molecule has 0 saturated carbocycles. The van der Waals surface area contributed by atoms with Gasteiger partial charge in [-0.2, -0.15) is 9.97 Å². The van der Waals surface area contributed by atoms with Crippen LogP contribution in [0.1, 0.15) is 37.1 Å². The molecule has 4 aromatic rings. The van der Waals surface area contributed by atoms with E-state index < -0.39 is 36.2 Å². The minimum atomic E-state index is -0.975. The lowest BCUT2D eigenvalue weighted by atomic mass is 9.91. The fourth-order valence-electron chi connectivity index (χ4n) is 5.29. The summed E-state index contributed by atoms with van der Waals surface area (Å²) in [5, 5.41) is 3.48. The summed E-state index contributed by atoms with van der Waals surface area (Å²) in [6.45, 7) is 4.10. The van der Waals surface area contributed by atoms with Gasteiger partial charge in [-0.15, -0.1) is 0 Å². The van der Waals surface area contributed by atoms with Gasteiger partial charge in [0.1, 0.15) is 12.2 Å². The average Bonchev–Trinajstić information content (AvgIpc) is 3.60. The Morgan fingerprint density at radius 3 is 2.33 bits per heavy atom. The van der Waals surface area contributed by atoms with Crippen LogP contribution >= 0.6 is 11.6 Å². The van der Waals surface area contributed by atoms with Gasteiger partial charge in [0, 0.05) is 12.5 Å². The van der Waals surface area contributed by atoms with Crippen molar-refractivity contribution in [2.45, 2.75) is 50.1 Å². The number of imidazole rings is 1. The number of nitrogens with one attached hydrogen (secondary N) is 2. The minimum Gasteiger partial charge on any atom is -0.367 e. The molecule has 2 fully saturated rings. The summed E-state index contributed by atoms with van der Waals surface area (Å²) in [7, 11) is 0. The molecule has 1 amide bonds. The van der Waals surface area contributed by atoms with Crippen molar-refractivity contribution in [3.63, 3.8) is 0 Å². The summed E-state index contributed by atoms with van der Waals surface area (Å²) in [6.07, 6.45) is -1.43. The second-order valence-corrected chi connectivity index (χ2v) is 10.3. The van der Waals surface area contributed by atoms with Crippen molar-refractivity contribution in [1.29, 1.82) is 0 Å². The Bertz CT molecular complexity index is 1440. The van der Waals surface area contributed by atoms with Crippen LogP contribution in [0.25, 0.3) is 11.2 Å². The van der Waals surface area contributed by atoms with Crippen molar-refractivity contribution in [3.8, 4) is 0 Å². The van der Waals surface area contributed by atoms with Crippen LogP contribution in [0.5, 0.6) is 0 Å². The van der Waals surface area contributed by atoms with Gasteiger partial charge in [0.05, 0.1) is 6.33 Å². The summed E-state index contributed by atoms with van der Waals surface area (Å²) >= 11 is 6.39. The summed E-state index contributed by atoms with van der Waals surface area (Å²) < 4.78 is 19.9. The first-order chi connectivity index (χ1) is 18.8. The number of nitrogens with zero attached hydrogens (tertiary/aromatic N) is 4. The number of fused-ring (bicyclic) bond motifs is 2. The van der Waals surface area contributed by atoms with Crippen molar-refractivity contribution in [2.24, 2.45) is 5.84 Å². The lowest BCUT2D eigenvalue weighted by Gasteiger charge is -2.24. The Hall–Kier alpha value is -3.61. The Morgan fingerprint density at radius 1 is 1.05 bits per heavy atom. The van der Waals surface area contributed by atoms with E-state index in [0.29, 0.717) is 23.5 Å². The predicted octanol–water partition coefficient (Wildman–Crippen LogP) is 3.13. The van der Waals surface area contributed by atoms with Crippen LogP contribution in [-0.2, 0) is 19.0 Å². The molecule has 4 atom stereocenters. The summed E-state index contributed by atoms with van der Waals surface area (Å²) in [5.74, 6) is 4.51. The van der Waals surface area contributed by atoms with Gasteiger partial charge in [-0.25, -0.2) is 10.8 Å². The van der Waals surface area contributed by atoms with E-state index in [1.807, 2.05) is 36.4 Å². The first-order valence-corrected chi connectivity index (χ1v) is 13.0. The quantitative estimate of drug-likeness (QED) is 0.137. The fraction of sp³-hybridized carbons (Fsp3) is 0.333. The molecule has 0 aliphatic carbocycles. The molecule has 2 aliphatic rings. The van der Waals surface area contributed by atoms with E-state index in [0.717, 1.165) is 11.1 Å². The molecule has 2 saturated heterocycles. The number of amides is 1. The van der Waals surface area contributed by atoms with Crippen LogP contribution in [0.2, 0.25) is 5.28 Å². The zero-order valence-electron chi connectivity index (χ0n) is 21.3. The number of halogens is 1. The number of hydrogen-bond donors (Lipinski definition) is 3. The monoisotopic (exact) mass is 549 g/mol. The fourth-order valence-corrected chi connectivity index (χ4v) is 5.46. The highest BCUT2D eigenvalue weighted by Crippen LogP contribution is 2.44. The van der Waals surface area contributed by atoms with E-state index in [4.69, 9.17) is 31.7 Å². The first kappa shape index (κ1) is 25.7. The molecule has 11 nitrogen and oxygen atoms in total. The zero-order valence-corrected chi connectivity index (χ0v) is 22.1. The van der Waals surface area contributed by atoms with Gasteiger partial charge in [-0.1, -0.05) is 60.7 Å². The van der Waals surface area contributed by atoms with Gasteiger partial charge in [0.15, 0.2) is 35.1 Å². The SMILES string of the molecule is CC1(C)O[C@@H]2[C@H](O1)[C@@H](C(=O)NN)O[C@H]2n1cnc2c(NCC(c3ccccc3)c3ccccc3)nc(Cl)nc21. The molecule has 0 spiro atoms. The normalized spacial score (nSPS) is 23.7. The Balaban J connectivity index is 1.33. The largest absolute Gasteiger partial charge is 0.367 e. The second kappa shape index (κ2) is 10.2. The molecule has 4 heterocycles. The number of carbonyl (C=O) groups excluding carboxylic acids is 1. The number of ether oxygens (including phenoxy) is 3. The number of anilines is 1. The van der Waals surface area contributed by atoms with Gasteiger partial charge < -0.3 is 19.5 Å². The van der Waals surface area contributed by atoms with Crippen molar-refractivity contribution in [1.82, 2.24) is 24.9 Å². The average molecular weight is 550 g/mol. The molecule has 2 aromatic heterocycles. The van der Waals surface area contributed by atoms with Gasteiger partial charge in [0.25, 0.3) is 5.91 Å². The summed E-state index contributed by atoms with van der Waals surface area (Å²) in [4.78, 5) is 25.9. The van der Waals surface area contributed by atoms with Gasteiger partial charge in [0.2, 0.25) is 5.28 Å². The Morgan fingerprint density at radius 2 is 1.69 bits per heavy atom. The van der Waals surface area contributed by atoms with Gasteiger partial charge >= 0.3 is 0 Å². The van der Waals surface area contributed by atoms with E-state index in [9.17, 15) is 4.79 Å². The second-order valence-electron chi connectivity index (χ2n) is 9.94. The van der Waals surface area contributed by atoms with E-state index in [1.54, 1.807) is 24.7 Å². The van der Waals surface area contributed by atoms with Crippen LogP contribution in [0.15, 0.2) is 67.0 Å². The van der Waals surface area contributed by atoms with E-state index in [2.05, 4.69) is 50.0 Å². The lowest BCUT2D eigenvalue weighted by molar-refractivity contribution is -0.197. The molecule has 202 valence electrons. The Kier molecular flexibility index (Phi) is 6.69. The van der Waals surface area contributed by atoms with Crippen molar-refractivity contribution in [2.75, 3.05) is 11.9 Å². The highest BCUT2D eigenvalue weighted by Gasteiger charge is 2.58. The lowest BCUT2D eigenvalue weighted by Crippen LogP contribution is -2.45. The standard InChI is InChI=1S/C27H28ClN7O4/c1-27(2)38-19-20(24(36)34-29)37-25(21(19)39-27)35-14-31-18-22(32-26(28)33-23(18)35)30-13-17(15-9-5-3-6-10-15)16-11-7-4-8-12-16/h3-12,14,17,19-21,25H,13,29H2,1-2H3,(H,34,36)(H,30,32,33)/t19-,20+,21-,25-/m1/s1. The molecule has 0 radical (unpaired) electrons. The maximum Gasteiger partial charge on any atom is 0.265 e. The van der Waals surface area contributed by atoms with Gasteiger partial charge in [-0.3, -0.25) is 14.8 Å². The molecule has 2 aromatic carbocycles. The predicted molar refractivity (Wildman–Crippen MR) is 144 cm³/mol. The first-order valence-electron chi connectivity index (χ1n) is 12.6. The third kappa shape index (κ3) is 4.83. The topological polar surface area (TPSA) is 138 Å². The van der Waals surface area contributed by atoms with Crippen LogP contribution in [0.4, 0.5) is 5.82 Å². The number of hydrazine groups is 1. The molecular formula is C27H28ClN7O4. The molecule has 4 N–H and O–H groups in total. The van der Waals surface area contributed by atoms with Crippen molar-refractivity contribution in [3.05, 3.63) is 83.4 Å². The highest BCUT2D eigenvalue weighted by molar-refractivity contribution is 6.28. The molecule has 12 heteroatoms. The molecule has 0 bridgehead atoms.